The van der Waals surface area contributed by atoms with E-state index in [2.05, 4.69) is 4.98 Å². The molecule has 1 heterocycles. The molecule has 0 fully saturated rings. The molecule has 0 bridgehead atoms. The van der Waals surface area contributed by atoms with Crippen LogP contribution in [0.5, 0.6) is 11.5 Å². The largest absolute Gasteiger partial charge is 0.493 e. The highest BCUT2D eigenvalue weighted by molar-refractivity contribution is 6.32. The SMILES string of the molecule is COc1ccc(-c2nc(Cl)c(-c3ccccc3)n(Cc3ccccc3)c2=O)cc1OC. The molecule has 0 saturated carbocycles. The van der Waals surface area contributed by atoms with E-state index in [1.54, 1.807) is 37.0 Å². The van der Waals surface area contributed by atoms with Crippen LogP contribution in [0.25, 0.3) is 22.5 Å². The third kappa shape index (κ3) is 4.18. The van der Waals surface area contributed by atoms with Gasteiger partial charge in [-0.25, -0.2) is 4.98 Å². The van der Waals surface area contributed by atoms with Crippen molar-refractivity contribution in [3.8, 4) is 34.0 Å². The van der Waals surface area contributed by atoms with Gasteiger partial charge in [0.15, 0.2) is 16.7 Å². The van der Waals surface area contributed by atoms with Crippen LogP contribution in [0.4, 0.5) is 0 Å². The molecule has 0 aliphatic heterocycles. The van der Waals surface area contributed by atoms with E-state index in [0.717, 1.165) is 11.1 Å². The molecule has 31 heavy (non-hydrogen) atoms. The number of methoxy groups -OCH3 is 2. The van der Waals surface area contributed by atoms with Gasteiger partial charge in [0.25, 0.3) is 5.56 Å². The Kier molecular flexibility index (Phi) is 6.05. The Hall–Kier alpha value is -3.57. The summed E-state index contributed by atoms with van der Waals surface area (Å²) in [6.07, 6.45) is 0. The second-order valence-electron chi connectivity index (χ2n) is 6.91. The van der Waals surface area contributed by atoms with Crippen molar-refractivity contribution in [3.63, 3.8) is 0 Å². The summed E-state index contributed by atoms with van der Waals surface area (Å²) in [6, 6.07) is 24.6. The summed E-state index contributed by atoms with van der Waals surface area (Å²) in [7, 11) is 3.11. The lowest BCUT2D eigenvalue weighted by atomic mass is 10.1. The van der Waals surface area contributed by atoms with E-state index in [4.69, 9.17) is 21.1 Å². The van der Waals surface area contributed by atoms with Gasteiger partial charge in [-0.2, -0.15) is 0 Å². The van der Waals surface area contributed by atoms with Crippen molar-refractivity contribution in [1.82, 2.24) is 9.55 Å². The van der Waals surface area contributed by atoms with Crippen molar-refractivity contribution in [2.24, 2.45) is 0 Å². The Morgan fingerprint density at radius 2 is 1.48 bits per heavy atom. The van der Waals surface area contributed by atoms with Crippen LogP contribution in [0.15, 0.2) is 83.7 Å². The van der Waals surface area contributed by atoms with Crippen LogP contribution in [-0.4, -0.2) is 23.8 Å². The topological polar surface area (TPSA) is 53.4 Å². The van der Waals surface area contributed by atoms with Crippen LogP contribution < -0.4 is 15.0 Å². The molecule has 0 saturated heterocycles. The molecule has 0 unspecified atom stereocenters. The van der Waals surface area contributed by atoms with Gasteiger partial charge in [0, 0.05) is 11.1 Å². The van der Waals surface area contributed by atoms with Crippen LogP contribution in [0, 0.1) is 0 Å². The standard InChI is InChI=1S/C25H21ClN2O3/c1-30-20-14-13-19(15-21(20)31-2)22-25(29)28(16-17-9-5-3-6-10-17)23(24(26)27-22)18-11-7-4-8-12-18/h3-15H,16H2,1-2H3. The third-order valence-electron chi connectivity index (χ3n) is 5.01. The molecule has 5 nitrogen and oxygen atoms in total. The number of ether oxygens (including phenoxy) is 2. The molecule has 4 aromatic rings. The lowest BCUT2D eigenvalue weighted by molar-refractivity contribution is 0.355. The molecule has 6 heteroatoms. The molecule has 0 aliphatic rings. The normalized spacial score (nSPS) is 10.7. The van der Waals surface area contributed by atoms with Gasteiger partial charge in [-0.05, 0) is 23.8 Å². The van der Waals surface area contributed by atoms with E-state index in [1.807, 2.05) is 60.7 Å². The highest BCUT2D eigenvalue weighted by atomic mass is 35.5. The highest BCUT2D eigenvalue weighted by Crippen LogP contribution is 2.33. The van der Waals surface area contributed by atoms with Gasteiger partial charge in [-0.3, -0.25) is 9.36 Å². The van der Waals surface area contributed by atoms with Crippen LogP contribution in [0.1, 0.15) is 5.56 Å². The Bertz CT molecular complexity index is 1260. The van der Waals surface area contributed by atoms with Crippen molar-refractivity contribution < 1.29 is 9.47 Å². The lowest BCUT2D eigenvalue weighted by Gasteiger charge is -2.17. The molecule has 1 aromatic heterocycles. The van der Waals surface area contributed by atoms with Crippen LogP contribution in [0.3, 0.4) is 0 Å². The van der Waals surface area contributed by atoms with Crippen molar-refractivity contribution in [3.05, 3.63) is 99.9 Å². The zero-order valence-electron chi connectivity index (χ0n) is 17.2. The Morgan fingerprint density at radius 3 is 2.13 bits per heavy atom. The number of hydrogen-bond donors (Lipinski definition) is 0. The second-order valence-corrected chi connectivity index (χ2v) is 7.27. The first-order chi connectivity index (χ1) is 15.1. The summed E-state index contributed by atoms with van der Waals surface area (Å²) in [5, 5.41) is 0.256. The minimum Gasteiger partial charge on any atom is -0.493 e. The monoisotopic (exact) mass is 432 g/mol. The number of nitrogens with zero attached hydrogens (tertiary/aromatic N) is 2. The molecular formula is C25H21ClN2O3. The Balaban J connectivity index is 1.94. The maximum Gasteiger partial charge on any atom is 0.277 e. The van der Waals surface area contributed by atoms with E-state index in [0.29, 0.717) is 29.3 Å². The fourth-order valence-corrected chi connectivity index (χ4v) is 3.79. The molecule has 0 radical (unpaired) electrons. The maximum atomic E-state index is 13.6. The first-order valence-electron chi connectivity index (χ1n) is 9.74. The van der Waals surface area contributed by atoms with E-state index < -0.39 is 0 Å². The van der Waals surface area contributed by atoms with Crippen molar-refractivity contribution in [2.45, 2.75) is 6.54 Å². The fourth-order valence-electron chi connectivity index (χ4n) is 3.50. The molecule has 0 spiro atoms. The predicted octanol–water partition coefficient (Wildman–Crippen LogP) is 5.30. The van der Waals surface area contributed by atoms with Gasteiger partial charge in [0.1, 0.15) is 5.69 Å². The predicted molar refractivity (Wildman–Crippen MR) is 123 cm³/mol. The van der Waals surface area contributed by atoms with Gasteiger partial charge in [-0.15, -0.1) is 0 Å². The molecule has 0 atom stereocenters. The average molecular weight is 433 g/mol. The van der Waals surface area contributed by atoms with Gasteiger partial charge in [0.05, 0.1) is 26.5 Å². The first kappa shape index (κ1) is 20.7. The molecule has 3 aromatic carbocycles. The zero-order chi connectivity index (χ0) is 21.8. The first-order valence-corrected chi connectivity index (χ1v) is 10.1. The van der Waals surface area contributed by atoms with Crippen molar-refractivity contribution >= 4 is 11.6 Å². The average Bonchev–Trinajstić information content (AvgIpc) is 2.82. The van der Waals surface area contributed by atoms with E-state index >= 15 is 0 Å². The minimum atomic E-state index is -0.237. The number of benzene rings is 3. The van der Waals surface area contributed by atoms with Crippen LogP contribution >= 0.6 is 11.6 Å². The van der Waals surface area contributed by atoms with Gasteiger partial charge in [0.2, 0.25) is 0 Å². The molecule has 0 amide bonds. The quantitative estimate of drug-likeness (QED) is 0.415. The summed E-state index contributed by atoms with van der Waals surface area (Å²) in [5.74, 6) is 1.09. The van der Waals surface area contributed by atoms with Gasteiger partial charge in [-0.1, -0.05) is 72.3 Å². The summed E-state index contributed by atoms with van der Waals surface area (Å²) in [5.41, 5.74) is 3.02. The van der Waals surface area contributed by atoms with Gasteiger partial charge < -0.3 is 9.47 Å². The smallest absolute Gasteiger partial charge is 0.277 e. The molecular weight excluding hydrogens is 412 g/mol. The fraction of sp³-hybridized carbons (Fsp3) is 0.120. The molecule has 156 valence electrons. The van der Waals surface area contributed by atoms with Crippen LogP contribution in [-0.2, 0) is 6.54 Å². The van der Waals surface area contributed by atoms with Crippen LogP contribution in [0.2, 0.25) is 5.15 Å². The Labute approximate surface area is 185 Å². The number of aromatic nitrogens is 2. The number of hydrogen-bond acceptors (Lipinski definition) is 4. The summed E-state index contributed by atoms with van der Waals surface area (Å²) >= 11 is 6.66. The van der Waals surface area contributed by atoms with Gasteiger partial charge >= 0.3 is 0 Å². The molecule has 4 rings (SSSR count). The van der Waals surface area contributed by atoms with E-state index in [9.17, 15) is 4.79 Å². The summed E-state index contributed by atoms with van der Waals surface area (Å²) in [4.78, 5) is 18.1. The lowest BCUT2D eigenvalue weighted by Crippen LogP contribution is -2.26. The minimum absolute atomic E-state index is 0.237. The number of rotatable bonds is 6. The zero-order valence-corrected chi connectivity index (χ0v) is 18.0. The van der Waals surface area contributed by atoms with Crippen molar-refractivity contribution in [2.75, 3.05) is 14.2 Å². The molecule has 0 aliphatic carbocycles. The summed E-state index contributed by atoms with van der Waals surface area (Å²) < 4.78 is 12.4. The second kappa shape index (κ2) is 9.06. The Morgan fingerprint density at radius 1 is 0.839 bits per heavy atom. The maximum absolute atomic E-state index is 13.6. The van der Waals surface area contributed by atoms with E-state index in [1.165, 1.54) is 0 Å². The molecule has 0 N–H and O–H groups in total. The highest BCUT2D eigenvalue weighted by Gasteiger charge is 2.19. The summed E-state index contributed by atoms with van der Waals surface area (Å²) in [6.45, 7) is 0.367. The number of halogens is 1. The van der Waals surface area contributed by atoms with Crippen molar-refractivity contribution in [1.29, 1.82) is 0 Å². The van der Waals surface area contributed by atoms with E-state index in [-0.39, 0.29) is 16.4 Å². The third-order valence-corrected chi connectivity index (χ3v) is 5.27.